The molecule has 0 bridgehead atoms. The maximum absolute atomic E-state index is 16.0. The summed E-state index contributed by atoms with van der Waals surface area (Å²) in [6.45, 7) is 9.46. The molecule has 2 aliphatic rings. The zero-order valence-corrected chi connectivity index (χ0v) is 24.7. The fourth-order valence-electron chi connectivity index (χ4n) is 6.19. The van der Waals surface area contributed by atoms with E-state index in [2.05, 4.69) is 16.7 Å². The van der Waals surface area contributed by atoms with Gasteiger partial charge in [-0.05, 0) is 66.5 Å². The molecule has 1 aliphatic carbocycles. The number of amides is 1. The summed E-state index contributed by atoms with van der Waals surface area (Å²) in [7, 11) is 1.35. The molecule has 3 N–H and O–H groups in total. The summed E-state index contributed by atoms with van der Waals surface area (Å²) in [6, 6.07) is 9.40. The summed E-state index contributed by atoms with van der Waals surface area (Å²) in [4.78, 5) is 25.6. The summed E-state index contributed by atoms with van der Waals surface area (Å²) < 4.78 is 37.2. The monoisotopic (exact) mass is 577 g/mol. The fraction of sp³-hybridized carbons (Fsp3) is 0.424. The van der Waals surface area contributed by atoms with Crippen molar-refractivity contribution in [2.75, 3.05) is 12.4 Å². The van der Waals surface area contributed by atoms with Crippen molar-refractivity contribution in [3.63, 3.8) is 0 Å². The van der Waals surface area contributed by atoms with Gasteiger partial charge >= 0.3 is 5.97 Å². The van der Waals surface area contributed by atoms with Crippen molar-refractivity contribution in [2.24, 2.45) is 16.7 Å². The van der Waals surface area contributed by atoms with Gasteiger partial charge in [-0.1, -0.05) is 52.0 Å². The standard InChI is InChI=1S/C33H37F2N3O4/c1-18-10-12-22(23(34)14-18)33(17-36)26(16-32(3,4)5)38-29(27(33)21-9-7-8-19(2)28(21)35)30(39)37-24-13-11-20(31(40)41)15-25(24)42-6/h7-9,11-15,18,26-27,29,38H,10,16H2,1-6H3,(H,37,39)(H,40,41)/t18?,26-,27-,29+,33-/m0/s1. The summed E-state index contributed by atoms with van der Waals surface area (Å²) in [5.74, 6) is -3.90. The van der Waals surface area contributed by atoms with Crippen LogP contribution in [0.3, 0.4) is 0 Å². The molecule has 0 radical (unpaired) electrons. The van der Waals surface area contributed by atoms with Crippen molar-refractivity contribution in [2.45, 2.75) is 65.5 Å². The molecule has 0 spiro atoms. The van der Waals surface area contributed by atoms with E-state index in [1.54, 1.807) is 31.2 Å². The quantitative estimate of drug-likeness (QED) is 0.339. The fourth-order valence-corrected chi connectivity index (χ4v) is 6.19. The third-order valence-corrected chi connectivity index (χ3v) is 8.13. The number of nitrogens with zero attached hydrogens (tertiary/aromatic N) is 1. The van der Waals surface area contributed by atoms with Crippen LogP contribution in [0.5, 0.6) is 5.75 Å². The highest BCUT2D eigenvalue weighted by molar-refractivity contribution is 5.98. The van der Waals surface area contributed by atoms with Crippen molar-refractivity contribution in [3.8, 4) is 11.8 Å². The Hall–Kier alpha value is -4.03. The number of aryl methyl sites for hydroxylation is 1. The van der Waals surface area contributed by atoms with Crippen LogP contribution in [0.4, 0.5) is 14.5 Å². The van der Waals surface area contributed by atoms with Crippen molar-refractivity contribution < 1.29 is 28.2 Å². The number of rotatable bonds is 7. The molecule has 5 atom stereocenters. The summed E-state index contributed by atoms with van der Waals surface area (Å²) in [5, 5.41) is 26.5. The van der Waals surface area contributed by atoms with E-state index in [0.717, 1.165) is 0 Å². The number of anilines is 1. The SMILES string of the molecule is COc1cc(C(=O)O)ccc1NC(=O)[C@@H]1N[C@@H](CC(C)(C)C)[C@](C#N)(C2=CCC(C)C=C2F)[C@H]1c1cccc(C)c1F. The predicted molar refractivity (Wildman–Crippen MR) is 156 cm³/mol. The smallest absolute Gasteiger partial charge is 0.335 e. The number of aromatic carboxylic acids is 1. The zero-order chi connectivity index (χ0) is 31.0. The van der Waals surface area contributed by atoms with E-state index in [4.69, 9.17) is 4.74 Å². The van der Waals surface area contributed by atoms with Crippen molar-refractivity contribution in [1.29, 1.82) is 5.26 Å². The number of carboxylic acids is 1. The number of carbonyl (C=O) groups excluding carboxylic acids is 1. The molecule has 1 saturated heterocycles. The number of nitrogens with one attached hydrogen (secondary N) is 2. The third kappa shape index (κ3) is 5.68. The van der Waals surface area contributed by atoms with Crippen molar-refractivity contribution >= 4 is 17.6 Å². The lowest BCUT2D eigenvalue weighted by atomic mass is 9.61. The van der Waals surface area contributed by atoms with E-state index in [0.29, 0.717) is 18.4 Å². The maximum atomic E-state index is 16.0. The van der Waals surface area contributed by atoms with Gasteiger partial charge in [0, 0.05) is 17.5 Å². The van der Waals surface area contributed by atoms with Gasteiger partial charge in [-0.2, -0.15) is 5.26 Å². The van der Waals surface area contributed by atoms with E-state index >= 15 is 8.78 Å². The van der Waals surface area contributed by atoms with Crippen LogP contribution in [-0.2, 0) is 4.79 Å². The summed E-state index contributed by atoms with van der Waals surface area (Å²) >= 11 is 0. The maximum Gasteiger partial charge on any atom is 0.335 e. The first-order valence-corrected chi connectivity index (χ1v) is 14.0. The molecule has 1 heterocycles. The highest BCUT2D eigenvalue weighted by Gasteiger charge is 2.62. The molecule has 2 aromatic rings. The molecule has 1 unspecified atom stereocenters. The van der Waals surface area contributed by atoms with E-state index in [-0.39, 0.29) is 39.5 Å². The van der Waals surface area contributed by atoms with Gasteiger partial charge in [0.25, 0.3) is 0 Å². The average molecular weight is 578 g/mol. The van der Waals surface area contributed by atoms with Crippen LogP contribution in [0.2, 0.25) is 0 Å². The molecule has 7 nitrogen and oxygen atoms in total. The Bertz CT molecular complexity index is 1500. The van der Waals surface area contributed by atoms with E-state index in [9.17, 15) is 20.0 Å². The molecule has 1 amide bonds. The lowest BCUT2D eigenvalue weighted by Gasteiger charge is -2.39. The number of carbonyl (C=O) groups is 2. The largest absolute Gasteiger partial charge is 0.495 e. The van der Waals surface area contributed by atoms with Gasteiger partial charge in [-0.15, -0.1) is 0 Å². The molecule has 1 fully saturated rings. The lowest BCUT2D eigenvalue weighted by Crippen LogP contribution is -2.43. The molecular formula is C33H37F2N3O4. The average Bonchev–Trinajstić information content (AvgIpc) is 3.23. The lowest BCUT2D eigenvalue weighted by molar-refractivity contribution is -0.118. The van der Waals surface area contributed by atoms with E-state index in [1.807, 2.05) is 27.7 Å². The Kier molecular flexibility index (Phi) is 8.60. The number of benzene rings is 2. The first-order chi connectivity index (χ1) is 19.7. The molecular weight excluding hydrogens is 540 g/mol. The number of methoxy groups -OCH3 is 1. The second-order valence-corrected chi connectivity index (χ2v) is 12.5. The molecule has 42 heavy (non-hydrogen) atoms. The van der Waals surface area contributed by atoms with Gasteiger partial charge in [0.15, 0.2) is 0 Å². The molecule has 0 aromatic heterocycles. The second kappa shape index (κ2) is 11.7. The van der Waals surface area contributed by atoms with Gasteiger partial charge in [0.05, 0.1) is 30.5 Å². The van der Waals surface area contributed by atoms with E-state index < -0.39 is 46.9 Å². The number of allylic oxidation sites excluding steroid dienone is 3. The van der Waals surface area contributed by atoms with Crippen LogP contribution in [0.15, 0.2) is 60.0 Å². The Morgan fingerprint density at radius 1 is 1.24 bits per heavy atom. The van der Waals surface area contributed by atoms with Gasteiger partial charge in [-0.25, -0.2) is 13.6 Å². The molecule has 2 aromatic carbocycles. The minimum Gasteiger partial charge on any atom is -0.495 e. The van der Waals surface area contributed by atoms with Gasteiger partial charge in [0.2, 0.25) is 5.91 Å². The first-order valence-electron chi connectivity index (χ1n) is 14.0. The van der Waals surface area contributed by atoms with Crippen molar-refractivity contribution in [1.82, 2.24) is 5.32 Å². The van der Waals surface area contributed by atoms with Crippen LogP contribution in [0, 0.1) is 40.8 Å². The Morgan fingerprint density at radius 2 is 1.95 bits per heavy atom. The van der Waals surface area contributed by atoms with Crippen LogP contribution in [0.1, 0.15) is 67.9 Å². The first kappa shape index (κ1) is 30.9. The molecule has 0 saturated carbocycles. The highest BCUT2D eigenvalue weighted by Crippen LogP contribution is 2.57. The highest BCUT2D eigenvalue weighted by atomic mass is 19.1. The Morgan fingerprint density at radius 3 is 2.55 bits per heavy atom. The van der Waals surface area contributed by atoms with Crippen LogP contribution in [0.25, 0.3) is 0 Å². The number of nitriles is 1. The Balaban J connectivity index is 1.92. The normalized spacial score (nSPS) is 25.7. The van der Waals surface area contributed by atoms with E-state index in [1.165, 1.54) is 31.4 Å². The van der Waals surface area contributed by atoms with Crippen molar-refractivity contribution in [3.05, 3.63) is 82.5 Å². The minimum absolute atomic E-state index is 0.0296. The van der Waals surface area contributed by atoms with Gasteiger partial charge < -0.3 is 20.5 Å². The van der Waals surface area contributed by atoms with Gasteiger partial charge in [-0.3, -0.25) is 4.79 Å². The minimum atomic E-state index is -1.62. The van der Waals surface area contributed by atoms with Crippen LogP contribution < -0.4 is 15.4 Å². The third-order valence-electron chi connectivity index (χ3n) is 8.13. The molecule has 222 valence electrons. The Labute approximate surface area is 245 Å². The summed E-state index contributed by atoms with van der Waals surface area (Å²) in [5.41, 5.74) is -1.14. The van der Waals surface area contributed by atoms with Crippen LogP contribution >= 0.6 is 0 Å². The number of carboxylic acid groups (broad SMARTS) is 1. The number of ether oxygens (including phenoxy) is 1. The second-order valence-electron chi connectivity index (χ2n) is 12.5. The zero-order valence-electron chi connectivity index (χ0n) is 24.7. The number of halogens is 2. The molecule has 4 rings (SSSR count). The number of hydrogen-bond donors (Lipinski definition) is 3. The van der Waals surface area contributed by atoms with Crippen LogP contribution in [-0.4, -0.2) is 36.2 Å². The summed E-state index contributed by atoms with van der Waals surface area (Å²) in [6.07, 6.45) is 4.09. The van der Waals surface area contributed by atoms with Gasteiger partial charge in [0.1, 0.15) is 22.8 Å². The molecule has 1 aliphatic heterocycles. The number of hydrogen-bond acceptors (Lipinski definition) is 5. The predicted octanol–water partition coefficient (Wildman–Crippen LogP) is 6.67. The topological polar surface area (TPSA) is 111 Å². The molecule has 9 heteroatoms.